The van der Waals surface area contributed by atoms with Crippen LogP contribution in [-0.4, -0.2) is 52.2 Å². The van der Waals surface area contributed by atoms with Crippen molar-refractivity contribution in [3.63, 3.8) is 0 Å². The average molecular weight is 397 g/mol. The molecule has 3 saturated heterocycles. The van der Waals surface area contributed by atoms with Gasteiger partial charge in [-0.05, 0) is 61.1 Å². The van der Waals surface area contributed by atoms with Gasteiger partial charge in [0.15, 0.2) is 0 Å². The quantitative estimate of drug-likeness (QED) is 0.796. The lowest BCUT2D eigenvalue weighted by Crippen LogP contribution is -2.54. The zero-order valence-corrected chi connectivity index (χ0v) is 16.3. The van der Waals surface area contributed by atoms with Gasteiger partial charge in [0.05, 0.1) is 18.7 Å². The second-order valence-corrected chi connectivity index (χ2v) is 6.97. The molecule has 2 bridgehead atoms. The Morgan fingerprint density at radius 2 is 2.11 bits per heavy atom. The van der Waals surface area contributed by atoms with E-state index in [4.69, 9.17) is 4.74 Å². The highest BCUT2D eigenvalue weighted by Gasteiger charge is 2.42. The van der Waals surface area contributed by atoms with Crippen molar-refractivity contribution in [3.05, 3.63) is 48.7 Å². The van der Waals surface area contributed by atoms with Gasteiger partial charge in [-0.1, -0.05) is 6.08 Å². The Balaban J connectivity index is 0.00000121. The van der Waals surface area contributed by atoms with Crippen molar-refractivity contribution >= 4 is 23.3 Å². The summed E-state index contributed by atoms with van der Waals surface area (Å²) in [7, 11) is 1.66. The Morgan fingerprint density at radius 3 is 2.74 bits per heavy atom. The lowest BCUT2D eigenvalue weighted by atomic mass is 9.73. The van der Waals surface area contributed by atoms with Gasteiger partial charge in [0.25, 0.3) is 0 Å². The van der Waals surface area contributed by atoms with E-state index in [0.29, 0.717) is 11.8 Å². The minimum absolute atomic E-state index is 0. The molecule has 1 aromatic carbocycles. The van der Waals surface area contributed by atoms with Crippen LogP contribution in [0, 0.1) is 11.8 Å². The molecule has 3 aliphatic rings. The number of aliphatic hydroxyl groups excluding tert-OH is 1. The van der Waals surface area contributed by atoms with E-state index in [0.717, 1.165) is 41.7 Å². The first-order valence-electron chi connectivity index (χ1n) is 8.68. The Hall–Kier alpha value is -1.70. The molecular weight excluding hydrogens is 368 g/mol. The first-order valence-corrected chi connectivity index (χ1v) is 8.68. The number of methoxy groups -OCH3 is 1. The summed E-state index contributed by atoms with van der Waals surface area (Å²) in [5.41, 5.74) is 1.85. The third-order valence-electron chi connectivity index (χ3n) is 5.82. The van der Waals surface area contributed by atoms with Gasteiger partial charge in [0.1, 0.15) is 5.75 Å². The van der Waals surface area contributed by atoms with Crippen molar-refractivity contribution in [3.8, 4) is 5.75 Å². The first kappa shape index (κ1) is 23.3. The van der Waals surface area contributed by atoms with Gasteiger partial charge < -0.3 is 20.8 Å². The highest BCUT2D eigenvalue weighted by Crippen LogP contribution is 2.42. The van der Waals surface area contributed by atoms with Gasteiger partial charge >= 0.3 is 0 Å². The lowest BCUT2D eigenvalue weighted by Gasteiger charge is -2.50. The van der Waals surface area contributed by atoms with E-state index < -0.39 is 6.10 Å². The van der Waals surface area contributed by atoms with Crippen molar-refractivity contribution in [2.75, 3.05) is 20.2 Å². The topological polar surface area (TPSA) is 109 Å². The summed E-state index contributed by atoms with van der Waals surface area (Å²) < 4.78 is 5.35. The molecule has 5 N–H and O–H groups in total. The minimum atomic E-state index is -0.504. The molecule has 1 aromatic heterocycles. The van der Waals surface area contributed by atoms with E-state index >= 15 is 0 Å². The smallest absolute Gasteiger partial charge is 0.119 e. The number of fused-ring (bicyclic) bond motifs is 4. The Bertz CT molecular complexity index is 773. The number of nitrogens with zero attached hydrogens (tertiary/aromatic N) is 2. The molecule has 0 saturated carbocycles. The van der Waals surface area contributed by atoms with E-state index in [1.165, 1.54) is 6.42 Å². The molecule has 0 aliphatic carbocycles. The van der Waals surface area contributed by atoms with Crippen LogP contribution in [0.1, 0.15) is 24.5 Å². The maximum absolute atomic E-state index is 11.2. The molecule has 0 spiro atoms. The van der Waals surface area contributed by atoms with Crippen LogP contribution in [0.5, 0.6) is 5.75 Å². The van der Waals surface area contributed by atoms with Crippen LogP contribution in [-0.2, 0) is 0 Å². The highest BCUT2D eigenvalue weighted by molar-refractivity contribution is 5.85. The van der Waals surface area contributed by atoms with Gasteiger partial charge in [0.2, 0.25) is 0 Å². The standard InChI is InChI=1S/C20H24N2O2.ClH.2H2O/c1-3-13-12-22-9-7-14(13)10-19(22)20(23)16-6-8-21-18-5-4-15(24-2)11-17(16)18;;;/h3-6,8,11,13-14,19-20,23H,1,7,9-10,12H2,2H3;1H;2*1H2/t13?,14-,19?,20?;;;/m0.../s1. The van der Waals surface area contributed by atoms with Gasteiger partial charge in [-0.3, -0.25) is 9.88 Å². The predicted octanol–water partition coefficient (Wildman–Crippen LogP) is 1.95. The van der Waals surface area contributed by atoms with Gasteiger partial charge in [-0.15, -0.1) is 19.0 Å². The van der Waals surface area contributed by atoms with Gasteiger partial charge in [0, 0.05) is 24.2 Å². The molecule has 150 valence electrons. The van der Waals surface area contributed by atoms with E-state index in [2.05, 4.69) is 22.5 Å². The molecule has 0 radical (unpaired) electrons. The lowest BCUT2D eigenvalue weighted by molar-refractivity contribution is -0.0444. The van der Waals surface area contributed by atoms with Crippen LogP contribution in [0.25, 0.3) is 10.9 Å². The second-order valence-electron chi connectivity index (χ2n) is 6.97. The van der Waals surface area contributed by atoms with E-state index in [9.17, 15) is 5.11 Å². The summed E-state index contributed by atoms with van der Waals surface area (Å²) in [6.45, 7) is 6.07. The number of aromatic nitrogens is 1. The summed E-state index contributed by atoms with van der Waals surface area (Å²) in [5.74, 6) is 2.01. The zero-order chi connectivity index (χ0) is 16.7. The molecule has 6 nitrogen and oxygen atoms in total. The third-order valence-corrected chi connectivity index (χ3v) is 5.82. The zero-order valence-electron chi connectivity index (χ0n) is 15.5. The summed E-state index contributed by atoms with van der Waals surface area (Å²) in [5, 5.41) is 12.1. The summed E-state index contributed by atoms with van der Waals surface area (Å²) >= 11 is 0. The molecular formula is C20H29ClN2O4. The normalized spacial score (nSPS) is 26.9. The summed E-state index contributed by atoms with van der Waals surface area (Å²) in [6, 6.07) is 7.96. The number of halogens is 1. The van der Waals surface area contributed by atoms with Crippen molar-refractivity contribution < 1.29 is 20.8 Å². The van der Waals surface area contributed by atoms with Gasteiger partial charge in [-0.2, -0.15) is 0 Å². The summed E-state index contributed by atoms with van der Waals surface area (Å²) in [4.78, 5) is 6.86. The van der Waals surface area contributed by atoms with Crippen molar-refractivity contribution in [2.24, 2.45) is 11.8 Å². The molecule has 2 aromatic rings. The van der Waals surface area contributed by atoms with Crippen LogP contribution < -0.4 is 4.74 Å². The molecule has 5 rings (SSSR count). The number of rotatable bonds is 4. The van der Waals surface area contributed by atoms with E-state index in [1.807, 2.05) is 24.3 Å². The maximum Gasteiger partial charge on any atom is 0.119 e. The number of hydrogen-bond acceptors (Lipinski definition) is 4. The molecule has 0 amide bonds. The number of benzene rings is 1. The van der Waals surface area contributed by atoms with Crippen molar-refractivity contribution in [2.45, 2.75) is 25.0 Å². The molecule has 4 heterocycles. The fraction of sp³-hybridized carbons (Fsp3) is 0.450. The SMILES string of the molecule is C=CC1CN2CC[C@H]1CC2C(O)c1ccnc2ccc(OC)cc12.Cl.O.O. The van der Waals surface area contributed by atoms with Crippen molar-refractivity contribution in [1.29, 1.82) is 0 Å². The van der Waals surface area contributed by atoms with Crippen LogP contribution in [0.15, 0.2) is 43.1 Å². The van der Waals surface area contributed by atoms with Crippen LogP contribution in [0.3, 0.4) is 0 Å². The van der Waals surface area contributed by atoms with E-state index in [1.54, 1.807) is 13.3 Å². The average Bonchev–Trinajstić information content (AvgIpc) is 2.66. The highest BCUT2D eigenvalue weighted by atomic mass is 35.5. The van der Waals surface area contributed by atoms with Gasteiger partial charge in [-0.25, -0.2) is 0 Å². The number of ether oxygens (including phenoxy) is 1. The first-order chi connectivity index (χ1) is 11.7. The fourth-order valence-corrected chi connectivity index (χ4v) is 4.44. The molecule has 27 heavy (non-hydrogen) atoms. The number of piperidine rings is 3. The molecule has 3 aliphatic heterocycles. The minimum Gasteiger partial charge on any atom is -0.497 e. The number of aliphatic hydroxyl groups is 1. The Labute approximate surface area is 165 Å². The molecule has 4 unspecified atom stereocenters. The number of pyridine rings is 1. The van der Waals surface area contributed by atoms with E-state index in [-0.39, 0.29) is 29.4 Å². The van der Waals surface area contributed by atoms with Crippen LogP contribution in [0.4, 0.5) is 0 Å². The van der Waals surface area contributed by atoms with Crippen molar-refractivity contribution in [1.82, 2.24) is 9.88 Å². The maximum atomic E-state index is 11.2. The third kappa shape index (κ3) is 4.10. The molecule has 3 fully saturated rings. The predicted molar refractivity (Wildman–Crippen MR) is 110 cm³/mol. The summed E-state index contributed by atoms with van der Waals surface area (Å²) in [6.07, 6.45) is 5.62. The molecule has 7 heteroatoms. The Morgan fingerprint density at radius 1 is 1.33 bits per heavy atom. The molecule has 5 atom stereocenters. The fourth-order valence-electron chi connectivity index (χ4n) is 4.44. The number of hydrogen-bond donors (Lipinski definition) is 1. The van der Waals surface area contributed by atoms with Crippen LogP contribution >= 0.6 is 12.4 Å². The van der Waals surface area contributed by atoms with Crippen LogP contribution in [0.2, 0.25) is 0 Å². The monoisotopic (exact) mass is 396 g/mol. The Kier molecular flexibility index (Phi) is 8.20. The largest absolute Gasteiger partial charge is 0.497 e. The second kappa shape index (κ2) is 9.48.